The van der Waals surface area contributed by atoms with Crippen molar-refractivity contribution >= 4 is 0 Å². The normalized spacial score (nSPS) is 13.0. The first-order valence-corrected chi connectivity index (χ1v) is 7.34. The van der Waals surface area contributed by atoms with E-state index in [1.165, 1.54) is 24.0 Å². The second-order valence-corrected chi connectivity index (χ2v) is 5.45. The molecule has 0 fully saturated rings. The summed E-state index contributed by atoms with van der Waals surface area (Å²) in [6.07, 6.45) is 6.20. The first-order valence-electron chi connectivity index (χ1n) is 7.34. The topological polar surface area (TPSA) is 58.9 Å². The van der Waals surface area contributed by atoms with Gasteiger partial charge in [-0.15, -0.1) is 0 Å². The van der Waals surface area contributed by atoms with Crippen LogP contribution in [0.1, 0.15) is 63.5 Å². The molecule has 0 atom stereocenters. The molecule has 1 aliphatic heterocycles. The zero-order valence-corrected chi connectivity index (χ0v) is 13.5. The number of ether oxygens (including phenoxy) is 1. The van der Waals surface area contributed by atoms with Crippen LogP contribution in [0.25, 0.3) is 0 Å². The summed E-state index contributed by atoms with van der Waals surface area (Å²) in [5, 5.41) is 15.5. The molecule has 0 radical (unpaired) electrons. The molecular formula is C17H28O4. The molecule has 0 unspecified atom stereocenters. The molecule has 2 rings (SSSR count). The highest BCUT2D eigenvalue weighted by atomic mass is 17.4. The van der Waals surface area contributed by atoms with E-state index in [9.17, 15) is 0 Å². The minimum Gasteiger partial charge on any atom is -0.502 e. The van der Waals surface area contributed by atoms with Gasteiger partial charge in [-0.25, -0.2) is 10.5 Å². The van der Waals surface area contributed by atoms with Gasteiger partial charge in [-0.1, -0.05) is 57.0 Å². The molecule has 0 saturated heterocycles. The molecule has 0 saturated carbocycles. The van der Waals surface area contributed by atoms with Gasteiger partial charge in [-0.3, -0.25) is 0 Å². The van der Waals surface area contributed by atoms with E-state index in [-0.39, 0.29) is 0 Å². The molecule has 1 aromatic carbocycles. The fraction of sp³-hybridized carbons (Fsp3) is 0.529. The monoisotopic (exact) mass is 296 g/mol. The molecular weight excluding hydrogens is 268 g/mol. The molecule has 1 aromatic rings. The van der Waals surface area contributed by atoms with Crippen LogP contribution in [0.3, 0.4) is 0 Å². The quantitative estimate of drug-likeness (QED) is 0.582. The molecule has 120 valence electrons. The van der Waals surface area contributed by atoms with E-state index in [1.54, 1.807) is 6.26 Å². The number of hydrogen-bond donors (Lipinski definition) is 2. The molecule has 0 aliphatic carbocycles. The minimum atomic E-state index is 0.642. The van der Waals surface area contributed by atoms with Crippen LogP contribution in [0.15, 0.2) is 36.6 Å². The van der Waals surface area contributed by atoms with E-state index in [1.807, 2.05) is 6.08 Å². The zero-order chi connectivity index (χ0) is 16.1. The summed E-state index contributed by atoms with van der Waals surface area (Å²) < 4.78 is 4.89. The van der Waals surface area contributed by atoms with Gasteiger partial charge in [0, 0.05) is 0 Å². The van der Waals surface area contributed by atoms with Gasteiger partial charge in [-0.2, -0.15) is 0 Å². The van der Waals surface area contributed by atoms with Gasteiger partial charge in [0.25, 0.3) is 0 Å². The zero-order valence-electron chi connectivity index (χ0n) is 13.5. The number of rotatable bonds is 2. The second-order valence-electron chi connectivity index (χ2n) is 5.45. The summed E-state index contributed by atoms with van der Waals surface area (Å²) in [6.45, 7) is 9.86. The van der Waals surface area contributed by atoms with Crippen molar-refractivity contribution in [2.24, 2.45) is 0 Å². The SMILES string of the molecule is C1=COCCC1.CC(C)c1cccc(C(C)C)c1.OOO. The average molecular weight is 296 g/mol. The van der Waals surface area contributed by atoms with Crippen molar-refractivity contribution in [2.45, 2.75) is 52.4 Å². The lowest BCUT2D eigenvalue weighted by molar-refractivity contribution is -0.465. The Labute approximate surface area is 127 Å². The fourth-order valence-electron chi connectivity index (χ4n) is 1.77. The predicted molar refractivity (Wildman–Crippen MR) is 85.3 cm³/mol. The van der Waals surface area contributed by atoms with E-state index in [2.05, 4.69) is 57.0 Å². The van der Waals surface area contributed by atoms with Crippen LogP contribution in [0.2, 0.25) is 0 Å². The lowest BCUT2D eigenvalue weighted by Gasteiger charge is -2.09. The third-order valence-electron chi connectivity index (χ3n) is 3.07. The summed E-state index contributed by atoms with van der Waals surface area (Å²) in [5.41, 5.74) is 2.89. The molecule has 1 heterocycles. The third kappa shape index (κ3) is 10.1. The van der Waals surface area contributed by atoms with E-state index in [4.69, 9.17) is 15.3 Å². The van der Waals surface area contributed by atoms with Gasteiger partial charge >= 0.3 is 0 Å². The Balaban J connectivity index is 0.000000369. The highest BCUT2D eigenvalue weighted by Gasteiger charge is 2.02. The summed E-state index contributed by atoms with van der Waals surface area (Å²) in [4.78, 5) is 0. The molecule has 0 amide bonds. The lowest BCUT2D eigenvalue weighted by Crippen LogP contribution is -1.91. The van der Waals surface area contributed by atoms with Crippen LogP contribution in [0, 0.1) is 0 Å². The highest BCUT2D eigenvalue weighted by molar-refractivity contribution is 5.27. The van der Waals surface area contributed by atoms with Gasteiger partial charge in [0.1, 0.15) is 0 Å². The molecule has 0 bridgehead atoms. The molecule has 21 heavy (non-hydrogen) atoms. The lowest BCUT2D eigenvalue weighted by atomic mass is 9.96. The van der Waals surface area contributed by atoms with Crippen LogP contribution < -0.4 is 0 Å². The fourth-order valence-corrected chi connectivity index (χ4v) is 1.77. The molecule has 4 nitrogen and oxygen atoms in total. The van der Waals surface area contributed by atoms with Crippen molar-refractivity contribution in [3.63, 3.8) is 0 Å². The van der Waals surface area contributed by atoms with E-state index in [0.29, 0.717) is 11.8 Å². The first kappa shape index (κ1) is 19.6. The van der Waals surface area contributed by atoms with Gasteiger partial charge in [0.05, 0.1) is 12.9 Å². The van der Waals surface area contributed by atoms with Crippen molar-refractivity contribution in [3.05, 3.63) is 47.7 Å². The van der Waals surface area contributed by atoms with Gasteiger partial charge in [-0.05, 0) is 41.9 Å². The number of allylic oxidation sites excluding steroid dienone is 1. The van der Waals surface area contributed by atoms with Crippen LogP contribution in [0.4, 0.5) is 0 Å². The Kier molecular flexibility index (Phi) is 11.6. The Bertz CT molecular complexity index is 355. The van der Waals surface area contributed by atoms with Crippen molar-refractivity contribution in [1.29, 1.82) is 0 Å². The summed E-state index contributed by atoms with van der Waals surface area (Å²) in [7, 11) is 0. The molecule has 0 aromatic heterocycles. The van der Waals surface area contributed by atoms with Crippen molar-refractivity contribution in [2.75, 3.05) is 6.61 Å². The molecule has 1 aliphatic rings. The molecule has 4 heteroatoms. The highest BCUT2D eigenvalue weighted by Crippen LogP contribution is 2.20. The number of benzene rings is 1. The van der Waals surface area contributed by atoms with Gasteiger partial charge in [0.15, 0.2) is 0 Å². The van der Waals surface area contributed by atoms with E-state index in [0.717, 1.165) is 6.61 Å². The summed E-state index contributed by atoms with van der Waals surface area (Å²) >= 11 is 0. The molecule has 0 spiro atoms. The van der Waals surface area contributed by atoms with Crippen LogP contribution in [-0.2, 0) is 9.78 Å². The Morgan fingerprint density at radius 1 is 1.05 bits per heavy atom. The predicted octanol–water partition coefficient (Wildman–Crippen LogP) is 5.19. The average Bonchev–Trinajstić information content (AvgIpc) is 2.50. The Morgan fingerprint density at radius 2 is 1.57 bits per heavy atom. The van der Waals surface area contributed by atoms with Crippen LogP contribution in [0.5, 0.6) is 0 Å². The first-order chi connectivity index (χ1) is 10.0. The Morgan fingerprint density at radius 3 is 1.81 bits per heavy atom. The van der Waals surface area contributed by atoms with Crippen molar-refractivity contribution in [3.8, 4) is 0 Å². The largest absolute Gasteiger partial charge is 0.502 e. The van der Waals surface area contributed by atoms with Gasteiger partial charge in [0.2, 0.25) is 0 Å². The Hall–Kier alpha value is -1.36. The van der Waals surface area contributed by atoms with Gasteiger partial charge < -0.3 is 4.74 Å². The van der Waals surface area contributed by atoms with Crippen LogP contribution >= 0.6 is 0 Å². The summed E-state index contributed by atoms with van der Waals surface area (Å²) in [6, 6.07) is 8.88. The van der Waals surface area contributed by atoms with Crippen molar-refractivity contribution in [1.82, 2.24) is 0 Å². The number of hydrogen-bond acceptors (Lipinski definition) is 4. The van der Waals surface area contributed by atoms with Crippen molar-refractivity contribution < 1.29 is 20.3 Å². The smallest absolute Gasteiger partial charge is 0.0876 e. The molecule has 2 N–H and O–H groups in total. The maximum Gasteiger partial charge on any atom is 0.0876 e. The van der Waals surface area contributed by atoms with Crippen LogP contribution in [-0.4, -0.2) is 17.1 Å². The van der Waals surface area contributed by atoms with E-state index >= 15 is 0 Å². The van der Waals surface area contributed by atoms with E-state index < -0.39 is 0 Å². The third-order valence-corrected chi connectivity index (χ3v) is 3.07. The standard InChI is InChI=1S/C12H18.C5H8O.H2O3/c1-9(2)11-6-5-7-12(8-11)10(3)4;1-2-4-6-5-3-1;1-3-2/h5-10H,1-4H3;2,4H,1,3,5H2;1-2H. The maximum atomic E-state index is 6.62. The maximum absolute atomic E-state index is 6.62. The minimum absolute atomic E-state index is 0.642. The summed E-state index contributed by atoms with van der Waals surface area (Å²) in [5.74, 6) is 1.28. The second kappa shape index (κ2) is 12.4.